The molecule has 4 nitrogen and oxygen atoms in total. The molecule has 100 valence electrons. The van der Waals surface area contributed by atoms with Crippen LogP contribution in [0, 0.1) is 5.92 Å². The predicted octanol–water partition coefficient (Wildman–Crippen LogP) is 2.93. The zero-order valence-electron chi connectivity index (χ0n) is 11.4. The van der Waals surface area contributed by atoms with E-state index in [0.717, 1.165) is 29.4 Å². The molecular weight excluding hydrogens is 238 g/mol. The van der Waals surface area contributed by atoms with Crippen LogP contribution in [-0.2, 0) is 11.8 Å². The van der Waals surface area contributed by atoms with Crippen LogP contribution in [0.25, 0.3) is 0 Å². The summed E-state index contributed by atoms with van der Waals surface area (Å²) in [6.45, 7) is 4.18. The van der Waals surface area contributed by atoms with E-state index in [1.165, 1.54) is 12.8 Å². The number of benzene rings is 1. The molecule has 1 heterocycles. The average molecular weight is 257 g/mol. The van der Waals surface area contributed by atoms with Crippen molar-refractivity contribution in [2.24, 2.45) is 5.92 Å². The van der Waals surface area contributed by atoms with Crippen LogP contribution < -0.4 is 5.73 Å². The van der Waals surface area contributed by atoms with Crippen LogP contribution in [0.15, 0.2) is 28.8 Å². The molecule has 1 aliphatic rings. The Morgan fingerprint density at radius 2 is 1.95 bits per heavy atom. The van der Waals surface area contributed by atoms with Crippen LogP contribution in [-0.4, -0.2) is 10.1 Å². The van der Waals surface area contributed by atoms with Gasteiger partial charge in [-0.3, -0.25) is 0 Å². The molecule has 1 aromatic carbocycles. The molecule has 3 rings (SSSR count). The number of rotatable bonds is 4. The molecule has 0 radical (unpaired) electrons. The third-order valence-electron chi connectivity index (χ3n) is 3.80. The number of anilines is 1. The van der Waals surface area contributed by atoms with E-state index in [2.05, 4.69) is 24.0 Å². The third-order valence-corrected chi connectivity index (χ3v) is 3.80. The lowest BCUT2D eigenvalue weighted by atomic mass is 9.84. The summed E-state index contributed by atoms with van der Waals surface area (Å²) in [7, 11) is 0. The van der Waals surface area contributed by atoms with Crippen molar-refractivity contribution in [3.63, 3.8) is 0 Å². The van der Waals surface area contributed by atoms with E-state index in [4.69, 9.17) is 10.3 Å². The zero-order valence-corrected chi connectivity index (χ0v) is 11.4. The minimum absolute atomic E-state index is 0.289. The van der Waals surface area contributed by atoms with Crippen LogP contribution in [0.1, 0.15) is 44.0 Å². The second kappa shape index (κ2) is 4.37. The highest BCUT2D eigenvalue weighted by atomic mass is 16.5. The summed E-state index contributed by atoms with van der Waals surface area (Å²) in [5, 5.41) is 4.09. The highest BCUT2D eigenvalue weighted by Gasteiger charge is 2.31. The van der Waals surface area contributed by atoms with Gasteiger partial charge in [0, 0.05) is 12.1 Å². The maximum atomic E-state index is 5.72. The lowest BCUT2D eigenvalue weighted by Gasteiger charge is -2.20. The lowest BCUT2D eigenvalue weighted by Crippen LogP contribution is -2.19. The normalized spacial score (nSPS) is 15.7. The molecule has 0 unspecified atom stereocenters. The maximum Gasteiger partial charge on any atom is 0.236 e. The van der Waals surface area contributed by atoms with Crippen molar-refractivity contribution in [2.45, 2.75) is 38.5 Å². The molecule has 1 fully saturated rings. The van der Waals surface area contributed by atoms with Crippen LogP contribution >= 0.6 is 0 Å². The van der Waals surface area contributed by atoms with Gasteiger partial charge in [0.2, 0.25) is 5.89 Å². The van der Waals surface area contributed by atoms with Crippen molar-refractivity contribution in [3.8, 4) is 0 Å². The summed E-state index contributed by atoms with van der Waals surface area (Å²) in [5.41, 5.74) is 7.33. The quantitative estimate of drug-likeness (QED) is 0.855. The Morgan fingerprint density at radius 1 is 1.26 bits per heavy atom. The number of hydrogen-bond donors (Lipinski definition) is 1. The van der Waals surface area contributed by atoms with Crippen LogP contribution in [0.3, 0.4) is 0 Å². The summed E-state index contributed by atoms with van der Waals surface area (Å²) in [6.07, 6.45) is 3.54. The smallest absolute Gasteiger partial charge is 0.236 e. The van der Waals surface area contributed by atoms with Crippen LogP contribution in [0.5, 0.6) is 0 Å². The van der Waals surface area contributed by atoms with E-state index in [-0.39, 0.29) is 5.41 Å². The van der Waals surface area contributed by atoms with Crippen LogP contribution in [0.2, 0.25) is 0 Å². The molecular formula is C15H19N3O. The van der Waals surface area contributed by atoms with Gasteiger partial charge in [-0.05, 0) is 50.3 Å². The van der Waals surface area contributed by atoms with Gasteiger partial charge >= 0.3 is 0 Å². The van der Waals surface area contributed by atoms with E-state index in [9.17, 15) is 0 Å². The van der Waals surface area contributed by atoms with Gasteiger partial charge in [0.25, 0.3) is 0 Å². The summed E-state index contributed by atoms with van der Waals surface area (Å²) in [4.78, 5) is 4.55. The second-order valence-electron chi connectivity index (χ2n) is 5.91. The molecule has 0 spiro atoms. The Bertz CT molecular complexity index is 567. The van der Waals surface area contributed by atoms with Crippen molar-refractivity contribution >= 4 is 5.69 Å². The van der Waals surface area contributed by atoms with Gasteiger partial charge in [0.1, 0.15) is 0 Å². The first-order chi connectivity index (χ1) is 9.05. The van der Waals surface area contributed by atoms with E-state index in [1.54, 1.807) is 0 Å². The fraction of sp³-hybridized carbons (Fsp3) is 0.467. The van der Waals surface area contributed by atoms with Gasteiger partial charge in [-0.15, -0.1) is 0 Å². The zero-order chi connectivity index (χ0) is 13.5. The first-order valence-electron chi connectivity index (χ1n) is 6.75. The lowest BCUT2D eigenvalue weighted by molar-refractivity contribution is 0.329. The predicted molar refractivity (Wildman–Crippen MR) is 73.7 cm³/mol. The fourth-order valence-electron chi connectivity index (χ4n) is 2.19. The molecule has 2 aromatic rings. The maximum absolute atomic E-state index is 5.72. The largest absolute Gasteiger partial charge is 0.399 e. The number of nitrogen functional groups attached to an aromatic ring is 1. The topological polar surface area (TPSA) is 64.9 Å². The van der Waals surface area contributed by atoms with Gasteiger partial charge in [-0.25, -0.2) is 0 Å². The SMILES string of the molecule is CC(C)(c1ccc(N)cc1)c1nc(CC2CC2)no1. The Kier molecular flexibility index (Phi) is 2.81. The first-order valence-corrected chi connectivity index (χ1v) is 6.75. The summed E-state index contributed by atoms with van der Waals surface area (Å²) < 4.78 is 5.45. The van der Waals surface area contributed by atoms with Crippen molar-refractivity contribution < 1.29 is 4.52 Å². The second-order valence-corrected chi connectivity index (χ2v) is 5.91. The molecule has 2 N–H and O–H groups in total. The molecule has 1 aliphatic carbocycles. The van der Waals surface area contributed by atoms with Crippen molar-refractivity contribution in [3.05, 3.63) is 41.5 Å². The summed E-state index contributed by atoms with van der Waals surface area (Å²) >= 11 is 0. The Hall–Kier alpha value is -1.84. The third kappa shape index (κ3) is 2.48. The van der Waals surface area contributed by atoms with E-state index >= 15 is 0 Å². The monoisotopic (exact) mass is 257 g/mol. The van der Waals surface area contributed by atoms with Gasteiger partial charge in [-0.2, -0.15) is 4.98 Å². The number of aromatic nitrogens is 2. The Balaban J connectivity index is 1.85. The molecule has 1 aromatic heterocycles. The summed E-state index contributed by atoms with van der Waals surface area (Å²) in [5.74, 6) is 2.28. The van der Waals surface area contributed by atoms with Gasteiger partial charge < -0.3 is 10.3 Å². The van der Waals surface area contributed by atoms with Crippen LogP contribution in [0.4, 0.5) is 5.69 Å². The number of nitrogens with two attached hydrogens (primary N) is 1. The molecule has 0 saturated heterocycles. The Labute approximate surface area is 113 Å². The molecule has 4 heteroatoms. The van der Waals surface area contributed by atoms with Gasteiger partial charge in [0.05, 0.1) is 5.41 Å². The van der Waals surface area contributed by atoms with Gasteiger partial charge in [-0.1, -0.05) is 17.3 Å². The molecule has 0 atom stereocenters. The minimum Gasteiger partial charge on any atom is -0.399 e. The number of nitrogens with zero attached hydrogens (tertiary/aromatic N) is 2. The van der Waals surface area contributed by atoms with Crippen molar-refractivity contribution in [2.75, 3.05) is 5.73 Å². The van der Waals surface area contributed by atoms with E-state index in [0.29, 0.717) is 5.89 Å². The standard InChI is InChI=1S/C15H19N3O/c1-15(2,11-5-7-12(16)8-6-11)14-17-13(18-19-14)9-10-3-4-10/h5-8,10H,3-4,9,16H2,1-2H3. The highest BCUT2D eigenvalue weighted by molar-refractivity contribution is 5.42. The average Bonchev–Trinajstić information content (AvgIpc) is 3.05. The minimum atomic E-state index is -0.289. The molecule has 0 aliphatic heterocycles. The van der Waals surface area contributed by atoms with Crippen molar-refractivity contribution in [1.82, 2.24) is 10.1 Å². The summed E-state index contributed by atoms with van der Waals surface area (Å²) in [6, 6.07) is 7.83. The molecule has 0 amide bonds. The number of hydrogen-bond acceptors (Lipinski definition) is 4. The van der Waals surface area contributed by atoms with E-state index < -0.39 is 0 Å². The highest BCUT2D eigenvalue weighted by Crippen LogP contribution is 2.34. The molecule has 19 heavy (non-hydrogen) atoms. The fourth-order valence-corrected chi connectivity index (χ4v) is 2.19. The van der Waals surface area contributed by atoms with Crippen molar-refractivity contribution in [1.29, 1.82) is 0 Å². The molecule has 0 bridgehead atoms. The van der Waals surface area contributed by atoms with Gasteiger partial charge in [0.15, 0.2) is 5.82 Å². The molecule has 1 saturated carbocycles. The Morgan fingerprint density at radius 3 is 2.58 bits per heavy atom. The first kappa shape index (κ1) is 12.2. The van der Waals surface area contributed by atoms with E-state index in [1.807, 2.05) is 24.3 Å².